The molecule has 4 heteroatoms. The molecule has 0 heterocycles. The van der Waals surface area contributed by atoms with Crippen molar-refractivity contribution < 1.29 is 19.4 Å². The smallest absolute Gasteiger partial charge is 0.310 e. The molecule has 1 rings (SSSR count). The number of hydrogen-bond acceptors (Lipinski definition) is 3. The van der Waals surface area contributed by atoms with Gasteiger partial charge in [0.25, 0.3) is 0 Å². The van der Waals surface area contributed by atoms with Crippen molar-refractivity contribution in [2.45, 2.75) is 168 Å². The highest BCUT2D eigenvalue weighted by Crippen LogP contribution is 2.32. The number of carboxylic acids is 1. The summed E-state index contributed by atoms with van der Waals surface area (Å²) in [6, 6.07) is 0. The Labute approximate surface area is 217 Å². The molecule has 0 amide bonds. The van der Waals surface area contributed by atoms with Gasteiger partial charge in [0.1, 0.15) is 6.10 Å². The summed E-state index contributed by atoms with van der Waals surface area (Å²) < 4.78 is 6.00. The van der Waals surface area contributed by atoms with Gasteiger partial charge in [0.15, 0.2) is 0 Å². The maximum atomic E-state index is 12.9. The van der Waals surface area contributed by atoms with Crippen LogP contribution in [0.15, 0.2) is 0 Å². The largest absolute Gasteiger partial charge is 0.481 e. The van der Waals surface area contributed by atoms with Crippen LogP contribution < -0.4 is 0 Å². The van der Waals surface area contributed by atoms with Crippen LogP contribution in [0.4, 0.5) is 0 Å². The minimum absolute atomic E-state index is 0.0393. The first-order valence-corrected chi connectivity index (χ1v) is 15.4. The lowest BCUT2D eigenvalue weighted by Crippen LogP contribution is -2.35. The van der Waals surface area contributed by atoms with Crippen molar-refractivity contribution in [1.82, 2.24) is 0 Å². The predicted octanol–water partition coefficient (Wildman–Crippen LogP) is 9.49. The summed E-state index contributed by atoms with van der Waals surface area (Å²) in [5.74, 6) is -1.33. The third-order valence-corrected chi connectivity index (χ3v) is 7.86. The van der Waals surface area contributed by atoms with Crippen molar-refractivity contribution in [3.8, 4) is 0 Å². The molecule has 0 bridgehead atoms. The van der Waals surface area contributed by atoms with Crippen molar-refractivity contribution in [2.24, 2.45) is 17.8 Å². The second-order valence-corrected chi connectivity index (χ2v) is 11.6. The van der Waals surface area contributed by atoms with E-state index in [1.807, 2.05) is 0 Å². The zero-order valence-corrected chi connectivity index (χ0v) is 23.5. The van der Waals surface area contributed by atoms with E-state index >= 15 is 0 Å². The lowest BCUT2D eigenvalue weighted by Gasteiger charge is -2.29. The highest BCUT2D eigenvalue weighted by molar-refractivity contribution is 5.81. The predicted molar refractivity (Wildman–Crippen MR) is 147 cm³/mol. The van der Waals surface area contributed by atoms with E-state index < -0.39 is 17.8 Å². The number of esters is 1. The number of hydrogen-bond donors (Lipinski definition) is 1. The maximum absolute atomic E-state index is 12.9. The molecule has 0 radical (unpaired) electrons. The van der Waals surface area contributed by atoms with E-state index in [4.69, 9.17) is 4.74 Å². The van der Waals surface area contributed by atoms with Crippen LogP contribution in [0.5, 0.6) is 0 Å². The molecule has 0 aromatic carbocycles. The Kier molecular flexibility index (Phi) is 19.2. The van der Waals surface area contributed by atoms with E-state index in [2.05, 4.69) is 20.8 Å². The number of rotatable bonds is 22. The Morgan fingerprint density at radius 1 is 0.686 bits per heavy atom. The lowest BCUT2D eigenvalue weighted by molar-refractivity contribution is -0.164. The molecule has 3 unspecified atom stereocenters. The Hall–Kier alpha value is -1.06. The average molecular weight is 495 g/mol. The summed E-state index contributed by atoms with van der Waals surface area (Å²) in [5, 5.41) is 9.56. The Morgan fingerprint density at radius 3 is 1.57 bits per heavy atom. The molecule has 1 fully saturated rings. The van der Waals surface area contributed by atoms with Gasteiger partial charge in [0.2, 0.25) is 0 Å². The molecular weight excluding hydrogens is 436 g/mol. The van der Waals surface area contributed by atoms with Crippen molar-refractivity contribution in [2.75, 3.05) is 0 Å². The Bertz CT molecular complexity index is 530. The number of ether oxygens (including phenoxy) is 1. The zero-order chi connectivity index (χ0) is 25.7. The average Bonchev–Trinajstić information content (AvgIpc) is 2.84. The van der Waals surface area contributed by atoms with Crippen LogP contribution in [0.3, 0.4) is 0 Å². The lowest BCUT2D eigenvalue weighted by atomic mass is 9.79. The summed E-state index contributed by atoms with van der Waals surface area (Å²) in [6.07, 6.45) is 25.5. The third-order valence-electron chi connectivity index (χ3n) is 7.86. The molecule has 1 aliphatic rings. The molecule has 1 N–H and O–H groups in total. The molecular formula is C31H58O4. The van der Waals surface area contributed by atoms with Gasteiger partial charge in [0.05, 0.1) is 11.8 Å². The summed E-state index contributed by atoms with van der Waals surface area (Å²) in [6.45, 7) is 6.82. The van der Waals surface area contributed by atoms with Crippen LogP contribution in [0.25, 0.3) is 0 Å². The molecule has 35 heavy (non-hydrogen) atoms. The first-order chi connectivity index (χ1) is 17.0. The number of carbonyl (C=O) groups is 2. The first-order valence-electron chi connectivity index (χ1n) is 15.4. The summed E-state index contributed by atoms with van der Waals surface area (Å²) in [4.78, 5) is 24.6. The normalized spacial score (nSPS) is 19.1. The maximum Gasteiger partial charge on any atom is 0.310 e. The van der Waals surface area contributed by atoms with E-state index in [1.165, 1.54) is 89.9 Å². The van der Waals surface area contributed by atoms with Gasteiger partial charge in [-0.25, -0.2) is 0 Å². The quantitative estimate of drug-likeness (QED) is 0.120. The standard InChI is InChI=1S/C31H58O4/c1-4-5-6-7-8-9-10-11-12-13-17-22-27(23-18-15-14-16-21-26(2)3)35-31(34)29-25-20-19-24-28(29)30(32)33/h26-29H,4-25H2,1-3H3,(H,32,33). The molecule has 0 spiro atoms. The molecule has 0 saturated heterocycles. The molecule has 0 aliphatic heterocycles. The van der Waals surface area contributed by atoms with Gasteiger partial charge in [-0.3, -0.25) is 9.59 Å². The van der Waals surface area contributed by atoms with Gasteiger partial charge in [-0.15, -0.1) is 0 Å². The highest BCUT2D eigenvalue weighted by atomic mass is 16.5. The van der Waals surface area contributed by atoms with E-state index in [0.717, 1.165) is 44.4 Å². The highest BCUT2D eigenvalue weighted by Gasteiger charge is 2.37. The van der Waals surface area contributed by atoms with Crippen LogP contribution in [-0.2, 0) is 14.3 Å². The van der Waals surface area contributed by atoms with Gasteiger partial charge in [-0.05, 0) is 44.4 Å². The fourth-order valence-electron chi connectivity index (χ4n) is 5.54. The number of unbranched alkanes of at least 4 members (excludes halogenated alkanes) is 13. The monoisotopic (exact) mass is 494 g/mol. The zero-order valence-electron chi connectivity index (χ0n) is 23.5. The number of carboxylic acid groups (broad SMARTS) is 1. The van der Waals surface area contributed by atoms with Gasteiger partial charge >= 0.3 is 11.9 Å². The van der Waals surface area contributed by atoms with Crippen molar-refractivity contribution >= 4 is 11.9 Å². The molecule has 0 aromatic rings. The van der Waals surface area contributed by atoms with E-state index in [0.29, 0.717) is 12.8 Å². The third kappa shape index (κ3) is 16.3. The Morgan fingerprint density at radius 2 is 1.11 bits per heavy atom. The fraction of sp³-hybridized carbons (Fsp3) is 0.935. The molecule has 4 nitrogen and oxygen atoms in total. The van der Waals surface area contributed by atoms with Crippen LogP contribution in [0.2, 0.25) is 0 Å². The van der Waals surface area contributed by atoms with Gasteiger partial charge in [-0.2, -0.15) is 0 Å². The molecule has 3 atom stereocenters. The molecule has 1 aliphatic carbocycles. The van der Waals surface area contributed by atoms with Gasteiger partial charge in [-0.1, -0.05) is 124 Å². The van der Waals surface area contributed by atoms with Crippen molar-refractivity contribution in [3.05, 3.63) is 0 Å². The van der Waals surface area contributed by atoms with Crippen LogP contribution in [0, 0.1) is 17.8 Å². The van der Waals surface area contributed by atoms with Crippen LogP contribution in [-0.4, -0.2) is 23.1 Å². The van der Waals surface area contributed by atoms with E-state index in [1.54, 1.807) is 0 Å². The second-order valence-electron chi connectivity index (χ2n) is 11.6. The topological polar surface area (TPSA) is 63.6 Å². The minimum atomic E-state index is -0.835. The Balaban J connectivity index is 2.36. The SMILES string of the molecule is CCCCCCCCCCCCCC(CCCCCCC(C)C)OC(=O)C1CCCCC1C(=O)O. The summed E-state index contributed by atoms with van der Waals surface area (Å²) >= 11 is 0. The first kappa shape index (κ1) is 32.0. The van der Waals surface area contributed by atoms with E-state index in [-0.39, 0.29) is 12.1 Å². The minimum Gasteiger partial charge on any atom is -0.481 e. The number of aliphatic carboxylic acids is 1. The van der Waals surface area contributed by atoms with Crippen LogP contribution in [0.1, 0.15) is 162 Å². The summed E-state index contributed by atoms with van der Waals surface area (Å²) in [5.41, 5.74) is 0. The van der Waals surface area contributed by atoms with Gasteiger partial charge < -0.3 is 9.84 Å². The number of carbonyl (C=O) groups excluding carboxylic acids is 1. The second kappa shape index (κ2) is 21.1. The van der Waals surface area contributed by atoms with Gasteiger partial charge in [0, 0.05) is 0 Å². The van der Waals surface area contributed by atoms with E-state index in [9.17, 15) is 14.7 Å². The molecule has 206 valence electrons. The van der Waals surface area contributed by atoms with Crippen molar-refractivity contribution in [3.63, 3.8) is 0 Å². The fourth-order valence-corrected chi connectivity index (χ4v) is 5.54. The molecule has 1 saturated carbocycles. The van der Waals surface area contributed by atoms with Crippen molar-refractivity contribution in [1.29, 1.82) is 0 Å². The molecule has 0 aromatic heterocycles. The van der Waals surface area contributed by atoms with Crippen LogP contribution >= 0.6 is 0 Å². The summed E-state index contributed by atoms with van der Waals surface area (Å²) in [7, 11) is 0.